The van der Waals surface area contributed by atoms with Crippen molar-refractivity contribution in [2.75, 3.05) is 5.32 Å². The summed E-state index contributed by atoms with van der Waals surface area (Å²) in [5.41, 5.74) is 7.02. The molecule has 0 saturated carbocycles. The van der Waals surface area contributed by atoms with Crippen LogP contribution in [0.2, 0.25) is 0 Å². The molecule has 0 aliphatic heterocycles. The lowest BCUT2D eigenvalue weighted by atomic mass is 10.1. The molecule has 28 heavy (non-hydrogen) atoms. The Labute approximate surface area is 161 Å². The SMILES string of the molecule is Cc1c(F)cc(C(N)=O)cc1NC(=O)c1ccc(OCc2ccccc2)cc1. The summed E-state index contributed by atoms with van der Waals surface area (Å²) in [6, 6.07) is 18.7. The van der Waals surface area contributed by atoms with E-state index < -0.39 is 17.6 Å². The van der Waals surface area contributed by atoms with Gasteiger partial charge < -0.3 is 15.8 Å². The molecule has 3 rings (SSSR count). The Morgan fingerprint density at radius 3 is 2.32 bits per heavy atom. The van der Waals surface area contributed by atoms with Crippen molar-refractivity contribution >= 4 is 17.5 Å². The predicted molar refractivity (Wildman–Crippen MR) is 105 cm³/mol. The van der Waals surface area contributed by atoms with Gasteiger partial charge in [0.25, 0.3) is 5.91 Å². The van der Waals surface area contributed by atoms with Crippen LogP contribution >= 0.6 is 0 Å². The van der Waals surface area contributed by atoms with Gasteiger partial charge in [-0.1, -0.05) is 30.3 Å². The second-order valence-corrected chi connectivity index (χ2v) is 6.25. The number of hydrogen-bond acceptors (Lipinski definition) is 3. The van der Waals surface area contributed by atoms with Crippen molar-refractivity contribution in [2.45, 2.75) is 13.5 Å². The number of halogens is 1. The minimum absolute atomic E-state index is 0.0111. The average Bonchev–Trinajstić information content (AvgIpc) is 2.70. The smallest absolute Gasteiger partial charge is 0.255 e. The zero-order chi connectivity index (χ0) is 20.1. The van der Waals surface area contributed by atoms with Gasteiger partial charge in [0.1, 0.15) is 18.2 Å². The molecular formula is C22H19FN2O3. The van der Waals surface area contributed by atoms with Crippen LogP contribution in [0.4, 0.5) is 10.1 Å². The second-order valence-electron chi connectivity index (χ2n) is 6.25. The minimum Gasteiger partial charge on any atom is -0.489 e. The maximum absolute atomic E-state index is 14.0. The molecule has 0 spiro atoms. The van der Waals surface area contributed by atoms with Gasteiger partial charge >= 0.3 is 0 Å². The number of benzene rings is 3. The molecular weight excluding hydrogens is 359 g/mol. The van der Waals surface area contributed by atoms with E-state index in [1.807, 2.05) is 30.3 Å². The quantitative estimate of drug-likeness (QED) is 0.679. The predicted octanol–water partition coefficient (Wildman–Crippen LogP) is 4.06. The second kappa shape index (κ2) is 8.35. The van der Waals surface area contributed by atoms with Gasteiger partial charge in [-0.15, -0.1) is 0 Å². The summed E-state index contributed by atoms with van der Waals surface area (Å²) in [5, 5.41) is 2.61. The molecule has 0 heterocycles. The van der Waals surface area contributed by atoms with E-state index in [9.17, 15) is 14.0 Å². The number of ether oxygens (including phenoxy) is 1. The van der Waals surface area contributed by atoms with Gasteiger partial charge in [-0.25, -0.2) is 4.39 Å². The number of amides is 2. The molecule has 142 valence electrons. The summed E-state index contributed by atoms with van der Waals surface area (Å²) in [5.74, 6) is -1.19. The highest BCUT2D eigenvalue weighted by molar-refractivity contribution is 6.05. The molecule has 0 radical (unpaired) electrons. The molecule has 3 N–H and O–H groups in total. The van der Waals surface area contributed by atoms with Gasteiger partial charge in [-0.05, 0) is 48.9 Å². The molecule has 0 atom stereocenters. The van der Waals surface area contributed by atoms with Crippen LogP contribution < -0.4 is 15.8 Å². The fourth-order valence-corrected chi connectivity index (χ4v) is 2.59. The van der Waals surface area contributed by atoms with Gasteiger partial charge in [0, 0.05) is 22.4 Å². The number of anilines is 1. The lowest BCUT2D eigenvalue weighted by Crippen LogP contribution is -2.16. The fraction of sp³-hybridized carbons (Fsp3) is 0.0909. The molecule has 0 aliphatic rings. The monoisotopic (exact) mass is 378 g/mol. The lowest BCUT2D eigenvalue weighted by Gasteiger charge is -2.11. The van der Waals surface area contributed by atoms with Crippen LogP contribution in [0.15, 0.2) is 66.7 Å². The zero-order valence-corrected chi connectivity index (χ0v) is 15.2. The van der Waals surface area contributed by atoms with E-state index in [0.29, 0.717) is 17.9 Å². The molecule has 6 heteroatoms. The van der Waals surface area contributed by atoms with Gasteiger partial charge in [0.15, 0.2) is 0 Å². The maximum atomic E-state index is 14.0. The molecule has 0 unspecified atom stereocenters. The van der Waals surface area contributed by atoms with E-state index in [4.69, 9.17) is 10.5 Å². The Morgan fingerprint density at radius 2 is 1.68 bits per heavy atom. The van der Waals surface area contributed by atoms with Crippen LogP contribution in [-0.2, 0) is 6.61 Å². The summed E-state index contributed by atoms with van der Waals surface area (Å²) in [4.78, 5) is 23.8. The number of nitrogens with two attached hydrogens (primary N) is 1. The standard InChI is InChI=1S/C22H19FN2O3/c1-14-19(23)11-17(21(24)26)12-20(14)25-22(27)16-7-9-18(10-8-16)28-13-15-5-3-2-4-6-15/h2-12H,13H2,1H3,(H2,24,26)(H,25,27). The lowest BCUT2D eigenvalue weighted by molar-refractivity contribution is 0.0995. The molecule has 0 aromatic heterocycles. The summed E-state index contributed by atoms with van der Waals surface area (Å²) in [6.45, 7) is 1.93. The van der Waals surface area contributed by atoms with Crippen LogP contribution in [0.3, 0.4) is 0 Å². The summed E-state index contributed by atoms with van der Waals surface area (Å²) < 4.78 is 19.6. The minimum atomic E-state index is -0.769. The Balaban J connectivity index is 1.69. The molecule has 2 amide bonds. The van der Waals surface area contributed by atoms with E-state index >= 15 is 0 Å². The molecule has 0 saturated heterocycles. The maximum Gasteiger partial charge on any atom is 0.255 e. The van der Waals surface area contributed by atoms with E-state index in [1.54, 1.807) is 24.3 Å². The molecule has 5 nitrogen and oxygen atoms in total. The molecule has 0 bridgehead atoms. The molecule has 0 fully saturated rings. The highest BCUT2D eigenvalue weighted by Gasteiger charge is 2.14. The largest absolute Gasteiger partial charge is 0.489 e. The Morgan fingerprint density at radius 1 is 1.00 bits per heavy atom. The Hall–Kier alpha value is -3.67. The first-order valence-electron chi connectivity index (χ1n) is 8.62. The zero-order valence-electron chi connectivity index (χ0n) is 15.2. The number of rotatable bonds is 6. The highest BCUT2D eigenvalue weighted by atomic mass is 19.1. The van der Waals surface area contributed by atoms with Crippen molar-refractivity contribution in [1.82, 2.24) is 0 Å². The number of primary amides is 1. The van der Waals surface area contributed by atoms with E-state index in [0.717, 1.165) is 11.6 Å². The number of hydrogen-bond donors (Lipinski definition) is 2. The first-order chi connectivity index (χ1) is 13.4. The number of nitrogens with one attached hydrogen (secondary N) is 1. The van der Waals surface area contributed by atoms with Crippen LogP contribution in [0.5, 0.6) is 5.75 Å². The molecule has 3 aromatic carbocycles. The van der Waals surface area contributed by atoms with Gasteiger partial charge in [0.2, 0.25) is 5.91 Å². The van der Waals surface area contributed by atoms with Gasteiger partial charge in [0.05, 0.1) is 0 Å². The first-order valence-corrected chi connectivity index (χ1v) is 8.62. The van der Waals surface area contributed by atoms with Gasteiger partial charge in [-0.2, -0.15) is 0 Å². The third-order valence-corrected chi connectivity index (χ3v) is 4.24. The van der Waals surface area contributed by atoms with Gasteiger partial charge in [-0.3, -0.25) is 9.59 Å². The normalized spacial score (nSPS) is 10.4. The van der Waals surface area contributed by atoms with Crippen LogP contribution in [0.25, 0.3) is 0 Å². The van der Waals surface area contributed by atoms with Crippen molar-refractivity contribution in [3.63, 3.8) is 0 Å². The number of carbonyl (C=O) groups is 2. The van der Waals surface area contributed by atoms with E-state index in [1.165, 1.54) is 13.0 Å². The topological polar surface area (TPSA) is 81.4 Å². The molecule has 3 aromatic rings. The highest BCUT2D eigenvalue weighted by Crippen LogP contribution is 2.22. The summed E-state index contributed by atoms with van der Waals surface area (Å²) >= 11 is 0. The van der Waals surface area contributed by atoms with Crippen molar-refractivity contribution < 1.29 is 18.7 Å². The average molecular weight is 378 g/mol. The van der Waals surface area contributed by atoms with E-state index in [-0.39, 0.29) is 16.8 Å². The fourth-order valence-electron chi connectivity index (χ4n) is 2.59. The van der Waals surface area contributed by atoms with Crippen molar-refractivity contribution in [3.8, 4) is 5.75 Å². The van der Waals surface area contributed by atoms with Crippen molar-refractivity contribution in [2.24, 2.45) is 5.73 Å². The Kier molecular flexibility index (Phi) is 5.69. The Bertz CT molecular complexity index is 1000. The summed E-state index contributed by atoms with van der Waals surface area (Å²) in [7, 11) is 0. The van der Waals surface area contributed by atoms with Crippen molar-refractivity contribution in [1.29, 1.82) is 0 Å². The third-order valence-electron chi connectivity index (χ3n) is 4.24. The van der Waals surface area contributed by atoms with Crippen molar-refractivity contribution in [3.05, 3.63) is 94.8 Å². The third kappa shape index (κ3) is 4.54. The van der Waals surface area contributed by atoms with Crippen LogP contribution in [0.1, 0.15) is 31.8 Å². The van der Waals surface area contributed by atoms with E-state index in [2.05, 4.69) is 5.32 Å². The summed E-state index contributed by atoms with van der Waals surface area (Å²) in [6.07, 6.45) is 0. The number of carbonyl (C=O) groups excluding carboxylic acids is 2. The molecule has 0 aliphatic carbocycles. The first kappa shape index (κ1) is 19.1. The van der Waals surface area contributed by atoms with Crippen LogP contribution in [0, 0.1) is 12.7 Å². The van der Waals surface area contributed by atoms with Crippen LogP contribution in [-0.4, -0.2) is 11.8 Å².